The molecule has 1 aromatic rings. The number of aliphatic hydroxyl groups excluding tert-OH is 1. The first kappa shape index (κ1) is 17.2. The van der Waals surface area contributed by atoms with Crippen LogP contribution in [0.4, 0.5) is 5.69 Å². The largest absolute Gasteiger partial charge is 0.393 e. The maximum atomic E-state index is 12.7. The first-order chi connectivity index (χ1) is 11.5. The number of anilines is 1. The monoisotopic (exact) mass is 331 g/mol. The second-order valence-corrected chi connectivity index (χ2v) is 7.19. The Bertz CT molecular complexity index is 542. The number of carbonyl (C=O) groups is 1. The Labute approximate surface area is 144 Å². The highest BCUT2D eigenvalue weighted by atomic mass is 16.3. The van der Waals surface area contributed by atoms with Gasteiger partial charge in [0.25, 0.3) is 5.91 Å². The van der Waals surface area contributed by atoms with Crippen molar-refractivity contribution < 1.29 is 9.90 Å². The number of carbonyl (C=O) groups excluding carboxylic acids is 1. The highest BCUT2D eigenvalue weighted by Crippen LogP contribution is 2.21. The summed E-state index contributed by atoms with van der Waals surface area (Å²) in [5.74, 6) is 0.138. The van der Waals surface area contributed by atoms with Crippen molar-refractivity contribution in [2.24, 2.45) is 0 Å². The summed E-state index contributed by atoms with van der Waals surface area (Å²) >= 11 is 0. The van der Waals surface area contributed by atoms with Crippen molar-refractivity contribution in [2.45, 2.75) is 38.8 Å². The van der Waals surface area contributed by atoms with Crippen molar-refractivity contribution in [3.63, 3.8) is 0 Å². The molecule has 0 aliphatic carbocycles. The van der Waals surface area contributed by atoms with Gasteiger partial charge in [-0.25, -0.2) is 0 Å². The minimum Gasteiger partial charge on any atom is -0.393 e. The quantitative estimate of drug-likeness (QED) is 0.918. The molecule has 2 fully saturated rings. The standard InChI is InChI=1S/C19H29N3O2/c1-15(2)20-11-13-22(14-12-20)19(24)16-3-5-17(6-4-16)21-9-7-18(23)8-10-21/h3-6,15,18,23H,7-14H2,1-2H3. The predicted molar refractivity (Wildman–Crippen MR) is 96.5 cm³/mol. The normalized spacial score (nSPS) is 20.7. The first-order valence-corrected chi connectivity index (χ1v) is 9.11. The fourth-order valence-electron chi connectivity index (χ4n) is 3.56. The summed E-state index contributed by atoms with van der Waals surface area (Å²) in [6.07, 6.45) is 1.48. The molecular weight excluding hydrogens is 302 g/mol. The van der Waals surface area contributed by atoms with E-state index in [1.54, 1.807) is 0 Å². The molecule has 0 unspecified atom stereocenters. The number of piperazine rings is 1. The van der Waals surface area contributed by atoms with Crippen LogP contribution in [-0.2, 0) is 0 Å². The van der Waals surface area contributed by atoms with Gasteiger partial charge in [-0.15, -0.1) is 0 Å². The zero-order chi connectivity index (χ0) is 17.1. The molecule has 5 heteroatoms. The molecule has 3 rings (SSSR count). The summed E-state index contributed by atoms with van der Waals surface area (Å²) in [4.78, 5) is 19.3. The van der Waals surface area contributed by atoms with Gasteiger partial charge < -0.3 is 14.9 Å². The molecule has 0 spiro atoms. The van der Waals surface area contributed by atoms with Crippen molar-refractivity contribution in [1.29, 1.82) is 0 Å². The Morgan fingerprint density at radius 3 is 2.12 bits per heavy atom. The van der Waals surface area contributed by atoms with Crippen molar-refractivity contribution in [3.8, 4) is 0 Å². The molecule has 0 bridgehead atoms. The molecule has 5 nitrogen and oxygen atoms in total. The van der Waals surface area contributed by atoms with Gasteiger partial charge in [-0.3, -0.25) is 9.69 Å². The average molecular weight is 331 g/mol. The van der Waals surface area contributed by atoms with Crippen LogP contribution in [0.1, 0.15) is 37.0 Å². The predicted octanol–water partition coefficient (Wildman–Crippen LogP) is 1.81. The fourth-order valence-corrected chi connectivity index (χ4v) is 3.56. The number of piperidine rings is 1. The van der Waals surface area contributed by atoms with Gasteiger partial charge in [0, 0.05) is 56.6 Å². The van der Waals surface area contributed by atoms with Crippen LogP contribution in [0.5, 0.6) is 0 Å². The summed E-state index contributed by atoms with van der Waals surface area (Å²) in [6, 6.07) is 8.50. The average Bonchev–Trinajstić information content (AvgIpc) is 2.62. The van der Waals surface area contributed by atoms with E-state index >= 15 is 0 Å². The first-order valence-electron chi connectivity index (χ1n) is 9.11. The number of rotatable bonds is 3. The number of nitrogens with zero attached hydrogens (tertiary/aromatic N) is 3. The third kappa shape index (κ3) is 3.90. The molecule has 2 saturated heterocycles. The highest BCUT2D eigenvalue weighted by molar-refractivity contribution is 5.94. The number of amides is 1. The molecule has 0 atom stereocenters. The van der Waals surface area contributed by atoms with E-state index in [0.29, 0.717) is 6.04 Å². The van der Waals surface area contributed by atoms with Gasteiger partial charge in [-0.05, 0) is 51.0 Å². The van der Waals surface area contributed by atoms with Crippen LogP contribution in [-0.4, -0.2) is 72.2 Å². The van der Waals surface area contributed by atoms with Crippen LogP contribution < -0.4 is 4.90 Å². The SMILES string of the molecule is CC(C)N1CCN(C(=O)c2ccc(N3CCC(O)CC3)cc2)CC1. The van der Waals surface area contributed by atoms with E-state index in [1.165, 1.54) is 0 Å². The molecule has 1 aromatic carbocycles. The Morgan fingerprint density at radius 1 is 1.00 bits per heavy atom. The van der Waals surface area contributed by atoms with E-state index in [-0.39, 0.29) is 12.0 Å². The lowest BCUT2D eigenvalue weighted by atomic mass is 10.1. The van der Waals surface area contributed by atoms with Crippen LogP contribution in [0, 0.1) is 0 Å². The van der Waals surface area contributed by atoms with Gasteiger partial charge in [-0.1, -0.05) is 0 Å². The summed E-state index contributed by atoms with van der Waals surface area (Å²) in [7, 11) is 0. The van der Waals surface area contributed by atoms with E-state index in [2.05, 4.69) is 23.6 Å². The third-order valence-corrected chi connectivity index (χ3v) is 5.28. The molecular formula is C19H29N3O2. The molecule has 0 saturated carbocycles. The van der Waals surface area contributed by atoms with Crippen LogP contribution in [0.3, 0.4) is 0 Å². The summed E-state index contributed by atoms with van der Waals surface area (Å²) < 4.78 is 0. The number of benzene rings is 1. The zero-order valence-corrected chi connectivity index (χ0v) is 14.8. The van der Waals surface area contributed by atoms with Crippen LogP contribution >= 0.6 is 0 Å². The summed E-state index contributed by atoms with van der Waals surface area (Å²) in [5.41, 5.74) is 1.91. The molecule has 2 aliphatic heterocycles. The van der Waals surface area contributed by atoms with Crippen molar-refractivity contribution in [1.82, 2.24) is 9.80 Å². The summed E-state index contributed by atoms with van der Waals surface area (Å²) in [6.45, 7) is 9.70. The van der Waals surface area contributed by atoms with Gasteiger partial charge in [0.1, 0.15) is 0 Å². The van der Waals surface area contributed by atoms with Crippen LogP contribution in [0.2, 0.25) is 0 Å². The van der Waals surface area contributed by atoms with Gasteiger partial charge in [0.15, 0.2) is 0 Å². The third-order valence-electron chi connectivity index (χ3n) is 5.28. The van der Waals surface area contributed by atoms with E-state index in [1.807, 2.05) is 29.2 Å². The Hall–Kier alpha value is -1.59. The Morgan fingerprint density at radius 2 is 1.58 bits per heavy atom. The molecule has 0 radical (unpaired) electrons. The lowest BCUT2D eigenvalue weighted by Gasteiger charge is -2.37. The molecule has 132 valence electrons. The number of hydrogen-bond donors (Lipinski definition) is 1. The van der Waals surface area contributed by atoms with Crippen molar-refractivity contribution in [3.05, 3.63) is 29.8 Å². The molecule has 1 N–H and O–H groups in total. The van der Waals surface area contributed by atoms with E-state index in [0.717, 1.165) is 63.4 Å². The fraction of sp³-hybridized carbons (Fsp3) is 0.632. The van der Waals surface area contributed by atoms with Gasteiger partial charge >= 0.3 is 0 Å². The van der Waals surface area contributed by atoms with Gasteiger partial charge in [0.2, 0.25) is 0 Å². The summed E-state index contributed by atoms with van der Waals surface area (Å²) in [5, 5.41) is 9.61. The smallest absolute Gasteiger partial charge is 0.253 e. The highest BCUT2D eigenvalue weighted by Gasteiger charge is 2.23. The van der Waals surface area contributed by atoms with E-state index in [4.69, 9.17) is 0 Å². The number of aliphatic hydroxyl groups is 1. The molecule has 0 aromatic heterocycles. The zero-order valence-electron chi connectivity index (χ0n) is 14.8. The Balaban J connectivity index is 1.58. The minimum atomic E-state index is -0.161. The topological polar surface area (TPSA) is 47.0 Å². The van der Waals surface area contributed by atoms with Gasteiger partial charge in [0.05, 0.1) is 6.10 Å². The van der Waals surface area contributed by atoms with Crippen molar-refractivity contribution in [2.75, 3.05) is 44.2 Å². The molecule has 24 heavy (non-hydrogen) atoms. The number of hydrogen-bond acceptors (Lipinski definition) is 4. The lowest BCUT2D eigenvalue weighted by Crippen LogP contribution is -2.50. The van der Waals surface area contributed by atoms with Crippen LogP contribution in [0.25, 0.3) is 0 Å². The maximum absolute atomic E-state index is 12.7. The van der Waals surface area contributed by atoms with Crippen molar-refractivity contribution >= 4 is 11.6 Å². The second-order valence-electron chi connectivity index (χ2n) is 7.19. The maximum Gasteiger partial charge on any atom is 0.253 e. The second kappa shape index (κ2) is 7.53. The lowest BCUT2D eigenvalue weighted by molar-refractivity contribution is 0.0595. The molecule has 2 heterocycles. The minimum absolute atomic E-state index is 0.138. The van der Waals surface area contributed by atoms with E-state index < -0.39 is 0 Å². The van der Waals surface area contributed by atoms with Crippen LogP contribution in [0.15, 0.2) is 24.3 Å². The Kier molecular flexibility index (Phi) is 5.41. The molecule has 2 aliphatic rings. The van der Waals surface area contributed by atoms with Gasteiger partial charge in [-0.2, -0.15) is 0 Å². The van der Waals surface area contributed by atoms with E-state index in [9.17, 15) is 9.90 Å². The molecule has 1 amide bonds.